The summed E-state index contributed by atoms with van der Waals surface area (Å²) in [6.07, 6.45) is 0. The Morgan fingerprint density at radius 2 is 1.75 bits per heavy atom. The summed E-state index contributed by atoms with van der Waals surface area (Å²) in [6.45, 7) is -0.389. The summed E-state index contributed by atoms with van der Waals surface area (Å²) in [6, 6.07) is 19.6. The average molecular weight is 375 g/mol. The summed E-state index contributed by atoms with van der Waals surface area (Å²) in [7, 11) is 1.51. The number of rotatable bonds is 5. The lowest BCUT2D eigenvalue weighted by Crippen LogP contribution is -2.20. The molecule has 28 heavy (non-hydrogen) atoms. The Hall–Kier alpha value is -3.80. The number of benzene rings is 3. The van der Waals surface area contributed by atoms with Gasteiger partial charge in [-0.25, -0.2) is 4.79 Å². The van der Waals surface area contributed by atoms with Crippen molar-refractivity contribution in [2.75, 3.05) is 19.0 Å². The molecule has 140 valence electrons. The Balaban J connectivity index is 1.43. The standard InChI is InChI=1S/C22H17NO5/c1-26-16-6-4-5-14(11-16)22(25)27-13-21(24)23-15-9-10-20-18(12-15)17-7-2-3-8-19(17)28-20/h2-12H,13H2,1H3,(H,23,24). The van der Waals surface area contributed by atoms with Crippen LogP contribution in [-0.4, -0.2) is 25.6 Å². The van der Waals surface area contributed by atoms with Gasteiger partial charge in [-0.3, -0.25) is 4.79 Å². The molecule has 6 heteroatoms. The lowest BCUT2D eigenvalue weighted by Gasteiger charge is -2.07. The van der Waals surface area contributed by atoms with Gasteiger partial charge in [-0.1, -0.05) is 24.3 Å². The van der Waals surface area contributed by atoms with E-state index in [1.54, 1.807) is 36.4 Å². The molecule has 1 N–H and O–H groups in total. The summed E-state index contributed by atoms with van der Waals surface area (Å²) < 4.78 is 15.9. The van der Waals surface area contributed by atoms with Gasteiger partial charge in [0.2, 0.25) is 0 Å². The van der Waals surface area contributed by atoms with Crippen molar-refractivity contribution < 1.29 is 23.5 Å². The van der Waals surface area contributed by atoms with Crippen molar-refractivity contribution in [1.29, 1.82) is 0 Å². The molecular formula is C22H17NO5. The number of carbonyl (C=O) groups excluding carboxylic acids is 2. The number of para-hydroxylation sites is 1. The van der Waals surface area contributed by atoms with E-state index in [1.807, 2.05) is 30.3 Å². The highest BCUT2D eigenvalue weighted by atomic mass is 16.5. The molecule has 1 heterocycles. The molecule has 0 saturated carbocycles. The van der Waals surface area contributed by atoms with Gasteiger partial charge in [0.15, 0.2) is 6.61 Å². The van der Waals surface area contributed by atoms with Gasteiger partial charge in [-0.15, -0.1) is 0 Å². The third-order valence-corrected chi connectivity index (χ3v) is 4.30. The molecule has 0 saturated heterocycles. The minimum atomic E-state index is -0.592. The third-order valence-electron chi connectivity index (χ3n) is 4.30. The SMILES string of the molecule is COc1cccc(C(=O)OCC(=O)Nc2ccc3oc4ccccc4c3c2)c1. The summed E-state index contributed by atoms with van der Waals surface area (Å²) in [5, 5.41) is 4.61. The van der Waals surface area contributed by atoms with Crippen LogP contribution in [0, 0.1) is 0 Å². The van der Waals surface area contributed by atoms with E-state index in [0.717, 1.165) is 21.9 Å². The number of carbonyl (C=O) groups is 2. The van der Waals surface area contributed by atoms with E-state index in [-0.39, 0.29) is 6.61 Å². The highest BCUT2D eigenvalue weighted by Crippen LogP contribution is 2.30. The van der Waals surface area contributed by atoms with Crippen LogP contribution in [0.4, 0.5) is 5.69 Å². The number of amides is 1. The van der Waals surface area contributed by atoms with Crippen LogP contribution in [0.25, 0.3) is 21.9 Å². The predicted molar refractivity (Wildman–Crippen MR) is 106 cm³/mol. The van der Waals surface area contributed by atoms with Crippen LogP contribution in [0.3, 0.4) is 0 Å². The van der Waals surface area contributed by atoms with Crippen molar-refractivity contribution in [2.24, 2.45) is 0 Å². The molecule has 0 aliphatic carbocycles. The van der Waals surface area contributed by atoms with Gasteiger partial charge in [0.05, 0.1) is 12.7 Å². The van der Waals surface area contributed by atoms with E-state index in [0.29, 0.717) is 17.0 Å². The minimum Gasteiger partial charge on any atom is -0.497 e. The number of anilines is 1. The maximum atomic E-state index is 12.2. The zero-order chi connectivity index (χ0) is 19.5. The van der Waals surface area contributed by atoms with Crippen LogP contribution in [0.5, 0.6) is 5.75 Å². The van der Waals surface area contributed by atoms with E-state index < -0.39 is 11.9 Å². The molecular weight excluding hydrogens is 358 g/mol. The van der Waals surface area contributed by atoms with E-state index >= 15 is 0 Å². The fourth-order valence-corrected chi connectivity index (χ4v) is 2.97. The Morgan fingerprint density at radius 3 is 2.61 bits per heavy atom. The topological polar surface area (TPSA) is 77.8 Å². The number of hydrogen-bond donors (Lipinski definition) is 1. The highest BCUT2D eigenvalue weighted by Gasteiger charge is 2.12. The van der Waals surface area contributed by atoms with Gasteiger partial charge in [0, 0.05) is 16.5 Å². The van der Waals surface area contributed by atoms with Crippen molar-refractivity contribution in [3.05, 3.63) is 72.3 Å². The quantitative estimate of drug-likeness (QED) is 0.524. The van der Waals surface area contributed by atoms with E-state index in [4.69, 9.17) is 13.9 Å². The lowest BCUT2D eigenvalue weighted by molar-refractivity contribution is -0.119. The monoisotopic (exact) mass is 375 g/mol. The number of hydrogen-bond acceptors (Lipinski definition) is 5. The van der Waals surface area contributed by atoms with Crippen molar-refractivity contribution in [2.45, 2.75) is 0 Å². The molecule has 0 aliphatic rings. The van der Waals surface area contributed by atoms with Crippen LogP contribution in [0.2, 0.25) is 0 Å². The largest absolute Gasteiger partial charge is 0.497 e. The number of furan rings is 1. The minimum absolute atomic E-state index is 0.318. The van der Waals surface area contributed by atoms with E-state index in [9.17, 15) is 9.59 Å². The second kappa shape index (κ2) is 7.44. The number of ether oxygens (including phenoxy) is 2. The molecule has 0 spiro atoms. The summed E-state index contributed by atoms with van der Waals surface area (Å²) in [5.41, 5.74) is 2.44. The molecule has 0 bridgehead atoms. The summed E-state index contributed by atoms with van der Waals surface area (Å²) >= 11 is 0. The third kappa shape index (κ3) is 3.53. The average Bonchev–Trinajstić information content (AvgIpc) is 3.10. The molecule has 0 aliphatic heterocycles. The molecule has 4 rings (SSSR count). The maximum Gasteiger partial charge on any atom is 0.338 e. The molecule has 6 nitrogen and oxygen atoms in total. The van der Waals surface area contributed by atoms with E-state index in [1.165, 1.54) is 7.11 Å². The normalized spacial score (nSPS) is 10.8. The molecule has 3 aromatic carbocycles. The van der Waals surface area contributed by atoms with Crippen LogP contribution in [0.15, 0.2) is 71.1 Å². The highest BCUT2D eigenvalue weighted by molar-refractivity contribution is 6.07. The fourth-order valence-electron chi connectivity index (χ4n) is 2.97. The molecule has 0 unspecified atom stereocenters. The van der Waals surface area contributed by atoms with Crippen molar-refractivity contribution in [3.8, 4) is 5.75 Å². The Labute approximate surface area is 160 Å². The first-order valence-electron chi connectivity index (χ1n) is 8.66. The van der Waals surface area contributed by atoms with E-state index in [2.05, 4.69) is 5.32 Å². The second-order valence-corrected chi connectivity index (χ2v) is 6.17. The molecule has 1 aromatic heterocycles. The Bertz CT molecular complexity index is 1180. The van der Waals surface area contributed by atoms with Gasteiger partial charge in [-0.2, -0.15) is 0 Å². The number of methoxy groups -OCH3 is 1. The molecule has 0 atom stereocenters. The smallest absolute Gasteiger partial charge is 0.338 e. The molecule has 0 radical (unpaired) electrons. The zero-order valence-corrected chi connectivity index (χ0v) is 15.1. The van der Waals surface area contributed by atoms with Crippen LogP contribution >= 0.6 is 0 Å². The number of nitrogens with one attached hydrogen (secondary N) is 1. The zero-order valence-electron chi connectivity index (χ0n) is 15.1. The molecule has 0 fully saturated rings. The van der Waals surface area contributed by atoms with Crippen molar-refractivity contribution in [1.82, 2.24) is 0 Å². The summed E-state index contributed by atoms with van der Waals surface area (Å²) in [5.74, 6) is -0.478. The van der Waals surface area contributed by atoms with Gasteiger partial charge < -0.3 is 19.2 Å². The van der Waals surface area contributed by atoms with Gasteiger partial charge in [0.25, 0.3) is 5.91 Å². The molecule has 4 aromatic rings. The van der Waals surface area contributed by atoms with Crippen molar-refractivity contribution in [3.63, 3.8) is 0 Å². The summed E-state index contributed by atoms with van der Waals surface area (Å²) in [4.78, 5) is 24.3. The fraction of sp³-hybridized carbons (Fsp3) is 0.0909. The van der Waals surface area contributed by atoms with Gasteiger partial charge >= 0.3 is 5.97 Å². The van der Waals surface area contributed by atoms with Gasteiger partial charge in [0.1, 0.15) is 16.9 Å². The number of fused-ring (bicyclic) bond motifs is 3. The predicted octanol–water partition coefficient (Wildman–Crippen LogP) is 4.39. The number of esters is 1. The maximum absolute atomic E-state index is 12.2. The van der Waals surface area contributed by atoms with Crippen LogP contribution in [0.1, 0.15) is 10.4 Å². The lowest BCUT2D eigenvalue weighted by atomic mass is 10.1. The molecule has 1 amide bonds. The Kier molecular flexibility index (Phi) is 4.68. The van der Waals surface area contributed by atoms with Crippen LogP contribution < -0.4 is 10.1 Å². The second-order valence-electron chi connectivity index (χ2n) is 6.17. The van der Waals surface area contributed by atoms with Crippen LogP contribution in [-0.2, 0) is 9.53 Å². The van der Waals surface area contributed by atoms with Crippen molar-refractivity contribution >= 4 is 39.5 Å². The first kappa shape index (κ1) is 17.6. The Morgan fingerprint density at radius 1 is 0.929 bits per heavy atom. The first-order valence-corrected chi connectivity index (χ1v) is 8.66. The first-order chi connectivity index (χ1) is 13.6. The van der Waals surface area contributed by atoms with Gasteiger partial charge in [-0.05, 0) is 42.5 Å².